The number of hydrogen-bond donors (Lipinski definition) is 1. The Balaban J connectivity index is 2.29. The third kappa shape index (κ3) is 5.18. The van der Waals surface area contributed by atoms with Gasteiger partial charge in [-0.15, -0.1) is 13.2 Å². The summed E-state index contributed by atoms with van der Waals surface area (Å²) < 4.78 is 0. The van der Waals surface area contributed by atoms with Crippen molar-refractivity contribution in [2.24, 2.45) is 5.92 Å². The fourth-order valence-corrected chi connectivity index (χ4v) is 2.25. The molecule has 1 N–H and O–H groups in total. The quantitative estimate of drug-likeness (QED) is 0.685. The molecule has 1 rings (SSSR count). The predicted molar refractivity (Wildman–Crippen MR) is 71.8 cm³/mol. The van der Waals surface area contributed by atoms with Crippen molar-refractivity contribution in [3.8, 4) is 0 Å². The van der Waals surface area contributed by atoms with Crippen LogP contribution in [0.15, 0.2) is 25.3 Å². The molecule has 1 aliphatic rings. The fourth-order valence-electron chi connectivity index (χ4n) is 2.25. The Morgan fingerprint density at radius 1 is 1.24 bits per heavy atom. The summed E-state index contributed by atoms with van der Waals surface area (Å²) >= 11 is 0. The highest BCUT2D eigenvalue weighted by Crippen LogP contribution is 2.18. The highest BCUT2D eigenvalue weighted by atomic mass is 16.2. The Bertz CT molecular complexity index is 247. The van der Waals surface area contributed by atoms with Crippen LogP contribution in [-0.2, 0) is 4.79 Å². The second kappa shape index (κ2) is 8.07. The summed E-state index contributed by atoms with van der Waals surface area (Å²) in [6, 6.07) is 0. The number of carbonyl (C=O) groups is 1. The topological polar surface area (TPSA) is 32.3 Å². The Labute approximate surface area is 105 Å². The first kappa shape index (κ1) is 14.0. The maximum atomic E-state index is 12.0. The Morgan fingerprint density at radius 2 is 1.82 bits per heavy atom. The van der Waals surface area contributed by atoms with Gasteiger partial charge in [0.1, 0.15) is 0 Å². The minimum atomic E-state index is 0.225. The van der Waals surface area contributed by atoms with E-state index in [1.807, 2.05) is 0 Å². The molecule has 0 spiro atoms. The first-order chi connectivity index (χ1) is 8.27. The van der Waals surface area contributed by atoms with Crippen LogP contribution in [0.3, 0.4) is 0 Å². The smallest absolute Gasteiger partial charge is 0.223 e. The van der Waals surface area contributed by atoms with E-state index in [0.717, 1.165) is 25.4 Å². The molecule has 3 nitrogen and oxygen atoms in total. The van der Waals surface area contributed by atoms with Crippen molar-refractivity contribution in [2.45, 2.75) is 25.7 Å². The van der Waals surface area contributed by atoms with Gasteiger partial charge in [0.2, 0.25) is 5.91 Å². The molecule has 17 heavy (non-hydrogen) atoms. The van der Waals surface area contributed by atoms with E-state index in [4.69, 9.17) is 0 Å². The summed E-state index contributed by atoms with van der Waals surface area (Å²) in [6.45, 7) is 10.8. The molecule has 0 saturated carbocycles. The van der Waals surface area contributed by atoms with E-state index in [2.05, 4.69) is 18.5 Å². The molecule has 1 amide bonds. The van der Waals surface area contributed by atoms with Gasteiger partial charge in [0.15, 0.2) is 0 Å². The van der Waals surface area contributed by atoms with E-state index >= 15 is 0 Å². The summed E-state index contributed by atoms with van der Waals surface area (Å²) in [5.74, 6) is 0.942. The van der Waals surface area contributed by atoms with Crippen LogP contribution in [0.25, 0.3) is 0 Å². The van der Waals surface area contributed by atoms with Crippen molar-refractivity contribution in [3.05, 3.63) is 25.3 Å². The molecule has 3 heteroatoms. The normalized spacial score (nSPS) is 16.5. The highest BCUT2D eigenvalue weighted by molar-refractivity contribution is 5.76. The van der Waals surface area contributed by atoms with Crippen LogP contribution in [0.1, 0.15) is 25.7 Å². The summed E-state index contributed by atoms with van der Waals surface area (Å²) in [4.78, 5) is 13.8. The number of nitrogens with zero attached hydrogens (tertiary/aromatic N) is 1. The molecule has 0 bridgehead atoms. The zero-order chi connectivity index (χ0) is 12.5. The maximum absolute atomic E-state index is 12.0. The van der Waals surface area contributed by atoms with Crippen molar-refractivity contribution >= 4 is 5.91 Å². The van der Waals surface area contributed by atoms with Gasteiger partial charge in [-0.1, -0.05) is 12.2 Å². The summed E-state index contributed by atoms with van der Waals surface area (Å²) in [5.41, 5.74) is 0. The number of rotatable bonds is 7. The first-order valence-electron chi connectivity index (χ1n) is 6.48. The molecule has 0 aromatic heterocycles. The van der Waals surface area contributed by atoms with Crippen molar-refractivity contribution in [3.63, 3.8) is 0 Å². The van der Waals surface area contributed by atoms with Gasteiger partial charge < -0.3 is 10.2 Å². The molecule has 0 radical (unpaired) electrons. The number of piperidine rings is 1. The lowest BCUT2D eigenvalue weighted by Gasteiger charge is -2.24. The average molecular weight is 236 g/mol. The molecule has 1 saturated heterocycles. The van der Waals surface area contributed by atoms with E-state index in [0.29, 0.717) is 19.5 Å². The van der Waals surface area contributed by atoms with E-state index in [-0.39, 0.29) is 5.91 Å². The molecule has 1 fully saturated rings. The van der Waals surface area contributed by atoms with Gasteiger partial charge in [0, 0.05) is 19.5 Å². The van der Waals surface area contributed by atoms with Crippen molar-refractivity contribution < 1.29 is 4.79 Å². The molecule has 0 unspecified atom stereocenters. The lowest BCUT2D eigenvalue weighted by Crippen LogP contribution is -2.32. The molecule has 0 atom stereocenters. The van der Waals surface area contributed by atoms with Crippen molar-refractivity contribution in [1.82, 2.24) is 10.2 Å². The van der Waals surface area contributed by atoms with Crippen molar-refractivity contribution in [2.75, 3.05) is 26.2 Å². The van der Waals surface area contributed by atoms with Crippen molar-refractivity contribution in [1.29, 1.82) is 0 Å². The zero-order valence-electron chi connectivity index (χ0n) is 10.7. The van der Waals surface area contributed by atoms with E-state index in [1.165, 1.54) is 12.8 Å². The van der Waals surface area contributed by atoms with Crippen LogP contribution in [-0.4, -0.2) is 37.0 Å². The maximum Gasteiger partial charge on any atom is 0.223 e. The third-order valence-electron chi connectivity index (χ3n) is 3.28. The third-order valence-corrected chi connectivity index (χ3v) is 3.28. The molecule has 0 aromatic rings. The Morgan fingerprint density at radius 3 is 2.35 bits per heavy atom. The van der Waals surface area contributed by atoms with Gasteiger partial charge in [-0.25, -0.2) is 0 Å². The molecule has 1 aliphatic heterocycles. The van der Waals surface area contributed by atoms with Gasteiger partial charge >= 0.3 is 0 Å². The number of carbonyl (C=O) groups excluding carboxylic acids is 1. The Hall–Kier alpha value is -1.09. The minimum Gasteiger partial charge on any atom is -0.335 e. The van der Waals surface area contributed by atoms with Gasteiger partial charge in [-0.05, 0) is 38.3 Å². The first-order valence-corrected chi connectivity index (χ1v) is 6.48. The second-order valence-electron chi connectivity index (χ2n) is 4.61. The highest BCUT2D eigenvalue weighted by Gasteiger charge is 2.16. The number of amides is 1. The molecule has 96 valence electrons. The van der Waals surface area contributed by atoms with Crippen LogP contribution in [0.4, 0.5) is 0 Å². The van der Waals surface area contributed by atoms with E-state index < -0.39 is 0 Å². The van der Waals surface area contributed by atoms with E-state index in [1.54, 1.807) is 17.1 Å². The SMILES string of the molecule is C=CCN(CC=C)C(=O)CCC1CCNCC1. The van der Waals surface area contributed by atoms with Crippen LogP contribution < -0.4 is 5.32 Å². The van der Waals surface area contributed by atoms with Crippen LogP contribution >= 0.6 is 0 Å². The summed E-state index contributed by atoms with van der Waals surface area (Å²) in [6.07, 6.45) is 7.63. The van der Waals surface area contributed by atoms with E-state index in [9.17, 15) is 4.79 Å². The van der Waals surface area contributed by atoms with Crippen LogP contribution in [0.2, 0.25) is 0 Å². The lowest BCUT2D eigenvalue weighted by atomic mass is 9.93. The predicted octanol–water partition coefficient (Wildman–Crippen LogP) is 1.97. The largest absolute Gasteiger partial charge is 0.335 e. The van der Waals surface area contributed by atoms with Crippen LogP contribution in [0.5, 0.6) is 0 Å². The van der Waals surface area contributed by atoms with Gasteiger partial charge in [0.25, 0.3) is 0 Å². The van der Waals surface area contributed by atoms with Crippen LogP contribution in [0, 0.1) is 5.92 Å². The van der Waals surface area contributed by atoms with Gasteiger partial charge in [-0.2, -0.15) is 0 Å². The second-order valence-corrected chi connectivity index (χ2v) is 4.61. The lowest BCUT2D eigenvalue weighted by molar-refractivity contribution is -0.130. The zero-order valence-corrected chi connectivity index (χ0v) is 10.7. The Kier molecular flexibility index (Phi) is 6.63. The number of hydrogen-bond acceptors (Lipinski definition) is 2. The average Bonchev–Trinajstić information content (AvgIpc) is 2.37. The molecule has 0 aromatic carbocycles. The molecular weight excluding hydrogens is 212 g/mol. The van der Waals surface area contributed by atoms with Gasteiger partial charge in [0.05, 0.1) is 0 Å². The molecular formula is C14H24N2O. The summed E-state index contributed by atoms with van der Waals surface area (Å²) in [7, 11) is 0. The minimum absolute atomic E-state index is 0.225. The van der Waals surface area contributed by atoms with Gasteiger partial charge in [-0.3, -0.25) is 4.79 Å². The monoisotopic (exact) mass is 236 g/mol. The molecule has 0 aliphatic carbocycles. The summed E-state index contributed by atoms with van der Waals surface area (Å²) in [5, 5.41) is 3.34. The fraction of sp³-hybridized carbons (Fsp3) is 0.643. The number of nitrogens with one attached hydrogen (secondary N) is 1. The molecule has 1 heterocycles. The standard InChI is InChI=1S/C14H24N2O/c1-3-11-16(12-4-2)14(17)6-5-13-7-9-15-10-8-13/h3-4,13,15H,1-2,5-12H2.